The summed E-state index contributed by atoms with van der Waals surface area (Å²) >= 11 is 0. The summed E-state index contributed by atoms with van der Waals surface area (Å²) in [5.41, 5.74) is -0.174. The Balaban J connectivity index is 1.57. The van der Waals surface area contributed by atoms with Crippen molar-refractivity contribution in [2.45, 2.75) is 26.1 Å². The molecule has 1 aromatic carbocycles. The molecule has 10 heteroatoms. The number of amides is 3. The molecular weight excluding hydrogens is 423 g/mol. The van der Waals surface area contributed by atoms with Crippen molar-refractivity contribution in [1.82, 2.24) is 15.2 Å². The van der Waals surface area contributed by atoms with Crippen LogP contribution in [-0.2, 0) is 11.0 Å². The second-order valence-electron chi connectivity index (χ2n) is 7.90. The Labute approximate surface area is 184 Å². The molecular formula is C22H26F3N5O2. The molecule has 0 saturated carbocycles. The Kier molecular flexibility index (Phi) is 7.22. The first kappa shape index (κ1) is 23.4. The normalized spacial score (nSPS) is 15.4. The van der Waals surface area contributed by atoms with Crippen LogP contribution in [0.4, 0.5) is 29.5 Å². The van der Waals surface area contributed by atoms with Crippen LogP contribution in [0.25, 0.3) is 0 Å². The zero-order chi connectivity index (χ0) is 23.3. The highest BCUT2D eigenvalue weighted by Gasteiger charge is 2.32. The summed E-state index contributed by atoms with van der Waals surface area (Å²) in [7, 11) is 0. The summed E-state index contributed by atoms with van der Waals surface area (Å²) < 4.78 is 38.2. The van der Waals surface area contributed by atoms with Gasteiger partial charge in [0.1, 0.15) is 11.9 Å². The lowest BCUT2D eigenvalue weighted by Crippen LogP contribution is -2.57. The Bertz CT molecular complexity index is 911. The molecule has 3 rings (SSSR count). The third-order valence-corrected chi connectivity index (χ3v) is 5.24. The second-order valence-corrected chi connectivity index (χ2v) is 7.90. The molecule has 0 aliphatic carbocycles. The summed E-state index contributed by atoms with van der Waals surface area (Å²) in [5, 5.41) is 5.46. The minimum Gasteiger partial charge on any atom is -0.353 e. The van der Waals surface area contributed by atoms with E-state index in [-0.39, 0.29) is 11.8 Å². The van der Waals surface area contributed by atoms with Crippen molar-refractivity contribution >= 4 is 23.4 Å². The van der Waals surface area contributed by atoms with Crippen molar-refractivity contribution in [2.24, 2.45) is 5.92 Å². The van der Waals surface area contributed by atoms with Crippen molar-refractivity contribution in [1.29, 1.82) is 0 Å². The van der Waals surface area contributed by atoms with Crippen molar-refractivity contribution in [2.75, 3.05) is 36.4 Å². The Morgan fingerprint density at radius 1 is 1.00 bits per heavy atom. The average molecular weight is 449 g/mol. The SMILES string of the molecule is CC(C)C(NC(=O)Nc1ccccc1)C(=O)N1CCN(c2ccc(C(F)(F)F)cn2)CC1. The molecule has 7 nitrogen and oxygen atoms in total. The largest absolute Gasteiger partial charge is 0.417 e. The minimum atomic E-state index is -4.43. The van der Waals surface area contributed by atoms with Crippen LogP contribution in [0, 0.1) is 5.92 Å². The second kappa shape index (κ2) is 9.88. The maximum Gasteiger partial charge on any atom is 0.417 e. The number of pyridine rings is 1. The van der Waals surface area contributed by atoms with E-state index >= 15 is 0 Å². The zero-order valence-corrected chi connectivity index (χ0v) is 17.9. The fourth-order valence-electron chi connectivity index (χ4n) is 3.44. The number of hydrogen-bond donors (Lipinski definition) is 2. The highest BCUT2D eigenvalue weighted by atomic mass is 19.4. The molecule has 1 aromatic heterocycles. The highest BCUT2D eigenvalue weighted by Crippen LogP contribution is 2.29. The molecule has 32 heavy (non-hydrogen) atoms. The number of urea groups is 1. The van der Waals surface area contributed by atoms with Gasteiger partial charge in [-0.1, -0.05) is 32.0 Å². The van der Waals surface area contributed by atoms with E-state index in [2.05, 4.69) is 15.6 Å². The van der Waals surface area contributed by atoms with Gasteiger partial charge >= 0.3 is 12.2 Å². The van der Waals surface area contributed by atoms with Crippen molar-refractivity contribution in [3.8, 4) is 0 Å². The van der Waals surface area contributed by atoms with Gasteiger partial charge in [0, 0.05) is 38.1 Å². The van der Waals surface area contributed by atoms with Gasteiger partial charge in [0.25, 0.3) is 0 Å². The molecule has 1 unspecified atom stereocenters. The van der Waals surface area contributed by atoms with Crippen LogP contribution < -0.4 is 15.5 Å². The fourth-order valence-corrected chi connectivity index (χ4v) is 3.44. The topological polar surface area (TPSA) is 77.6 Å². The third-order valence-electron chi connectivity index (χ3n) is 5.24. The van der Waals surface area contributed by atoms with Gasteiger partial charge in [-0.3, -0.25) is 4.79 Å². The number of piperazine rings is 1. The first-order chi connectivity index (χ1) is 15.1. The van der Waals surface area contributed by atoms with Gasteiger partial charge in [-0.05, 0) is 30.2 Å². The monoisotopic (exact) mass is 449 g/mol. The van der Waals surface area contributed by atoms with Crippen LogP contribution in [0.2, 0.25) is 0 Å². The smallest absolute Gasteiger partial charge is 0.353 e. The molecule has 1 aliphatic heterocycles. The van der Waals surface area contributed by atoms with Gasteiger partial charge in [-0.25, -0.2) is 9.78 Å². The van der Waals surface area contributed by atoms with E-state index in [1.807, 2.05) is 24.8 Å². The summed E-state index contributed by atoms with van der Waals surface area (Å²) in [5.74, 6) is 0.118. The van der Waals surface area contributed by atoms with Crippen LogP contribution in [0.15, 0.2) is 48.7 Å². The standard InChI is InChI=1S/C22H26F3N5O2/c1-15(2)19(28-21(32)27-17-6-4-3-5-7-17)20(31)30-12-10-29(11-13-30)18-9-8-16(14-26-18)22(23,24)25/h3-9,14-15,19H,10-13H2,1-2H3,(H2,27,28,32). The van der Waals surface area contributed by atoms with Gasteiger partial charge in [-0.15, -0.1) is 0 Å². The summed E-state index contributed by atoms with van der Waals surface area (Å²) in [4.78, 5) is 32.8. The number of alkyl halides is 3. The molecule has 2 aromatic rings. The van der Waals surface area contributed by atoms with Gasteiger partial charge < -0.3 is 20.4 Å². The Morgan fingerprint density at radius 2 is 1.66 bits per heavy atom. The average Bonchev–Trinajstić information content (AvgIpc) is 2.77. The first-order valence-corrected chi connectivity index (χ1v) is 10.3. The number of carbonyl (C=O) groups excluding carboxylic acids is 2. The van der Waals surface area contributed by atoms with Crippen LogP contribution in [0.3, 0.4) is 0 Å². The minimum absolute atomic E-state index is 0.126. The van der Waals surface area contributed by atoms with Gasteiger partial charge in [0.2, 0.25) is 5.91 Å². The van der Waals surface area contributed by atoms with Crippen molar-refractivity contribution in [3.63, 3.8) is 0 Å². The molecule has 1 saturated heterocycles. The van der Waals surface area contributed by atoms with E-state index in [4.69, 9.17) is 0 Å². The molecule has 1 fully saturated rings. The lowest BCUT2D eigenvalue weighted by atomic mass is 10.0. The van der Waals surface area contributed by atoms with Crippen molar-refractivity contribution in [3.05, 3.63) is 54.2 Å². The maximum atomic E-state index is 13.1. The predicted molar refractivity (Wildman–Crippen MR) is 115 cm³/mol. The molecule has 1 atom stereocenters. The summed E-state index contributed by atoms with van der Waals surface area (Å²) in [6.45, 7) is 5.34. The van der Waals surface area contributed by atoms with E-state index in [9.17, 15) is 22.8 Å². The van der Waals surface area contributed by atoms with Crippen LogP contribution in [0.5, 0.6) is 0 Å². The molecule has 0 bridgehead atoms. The lowest BCUT2D eigenvalue weighted by Gasteiger charge is -2.37. The highest BCUT2D eigenvalue weighted by molar-refractivity contribution is 5.93. The number of halogens is 3. The van der Waals surface area contributed by atoms with E-state index < -0.39 is 23.8 Å². The van der Waals surface area contributed by atoms with Gasteiger partial charge in [-0.2, -0.15) is 13.2 Å². The first-order valence-electron chi connectivity index (χ1n) is 10.3. The third kappa shape index (κ3) is 5.89. The summed E-state index contributed by atoms with van der Waals surface area (Å²) in [6, 6.07) is 10.1. The number of carbonyl (C=O) groups is 2. The molecule has 1 aliphatic rings. The molecule has 172 valence electrons. The Hall–Kier alpha value is -3.30. The molecule has 0 radical (unpaired) electrons. The number of rotatable bonds is 5. The molecule has 0 spiro atoms. The number of aromatic nitrogens is 1. The van der Waals surface area contributed by atoms with E-state index in [1.165, 1.54) is 6.07 Å². The van der Waals surface area contributed by atoms with E-state index in [0.29, 0.717) is 37.7 Å². The van der Waals surface area contributed by atoms with E-state index in [0.717, 1.165) is 12.3 Å². The quantitative estimate of drug-likeness (QED) is 0.731. The van der Waals surface area contributed by atoms with E-state index in [1.54, 1.807) is 29.2 Å². The van der Waals surface area contributed by atoms with Crippen LogP contribution in [-0.4, -0.2) is 54.0 Å². The fraction of sp³-hybridized carbons (Fsp3) is 0.409. The number of benzene rings is 1. The number of nitrogens with zero attached hydrogens (tertiary/aromatic N) is 3. The Morgan fingerprint density at radius 3 is 2.19 bits per heavy atom. The maximum absolute atomic E-state index is 13.1. The van der Waals surface area contributed by atoms with Gasteiger partial charge in [0.15, 0.2) is 0 Å². The number of para-hydroxylation sites is 1. The number of nitrogens with one attached hydrogen (secondary N) is 2. The molecule has 3 amide bonds. The molecule has 2 N–H and O–H groups in total. The molecule has 2 heterocycles. The van der Waals surface area contributed by atoms with Gasteiger partial charge in [0.05, 0.1) is 5.56 Å². The summed E-state index contributed by atoms with van der Waals surface area (Å²) in [6.07, 6.45) is -3.61. The van der Waals surface area contributed by atoms with Crippen LogP contribution in [0.1, 0.15) is 19.4 Å². The van der Waals surface area contributed by atoms with Crippen LogP contribution >= 0.6 is 0 Å². The lowest BCUT2D eigenvalue weighted by molar-refractivity contribution is -0.138. The predicted octanol–water partition coefficient (Wildman–Crippen LogP) is 3.60. The van der Waals surface area contributed by atoms with Crippen molar-refractivity contribution < 1.29 is 22.8 Å². The zero-order valence-electron chi connectivity index (χ0n) is 17.9. The number of anilines is 2. The number of hydrogen-bond acceptors (Lipinski definition) is 4.